The number of aryl methyl sites for hydroxylation is 1. The molecule has 1 aromatic heterocycles. The minimum Gasteiger partial charge on any atom is -0.272 e. The molecule has 3 rings (SSSR count). The van der Waals surface area contributed by atoms with Crippen LogP contribution in [-0.4, -0.2) is 22.0 Å². The van der Waals surface area contributed by atoms with Gasteiger partial charge in [0, 0.05) is 11.1 Å². The van der Waals surface area contributed by atoms with Gasteiger partial charge in [0.05, 0.1) is 5.69 Å². The molecule has 0 unspecified atom stereocenters. The van der Waals surface area contributed by atoms with Crippen LogP contribution < -0.4 is 10.9 Å². The summed E-state index contributed by atoms with van der Waals surface area (Å²) in [5.41, 5.74) is 7.59. The third kappa shape index (κ3) is 3.94. The molecule has 6 nitrogen and oxygen atoms in total. The zero-order valence-corrected chi connectivity index (χ0v) is 14.0. The number of rotatable bonds is 4. The summed E-state index contributed by atoms with van der Waals surface area (Å²) < 4.78 is 13.0. The van der Waals surface area contributed by atoms with Crippen molar-refractivity contribution >= 4 is 11.8 Å². The van der Waals surface area contributed by atoms with E-state index in [4.69, 9.17) is 0 Å². The Bertz CT molecular complexity index is 917. The number of amides is 2. The molecule has 0 saturated carbocycles. The average Bonchev–Trinajstić information content (AvgIpc) is 3.16. The summed E-state index contributed by atoms with van der Waals surface area (Å²) in [6.07, 6.45) is 0.884. The van der Waals surface area contributed by atoms with E-state index in [1.165, 1.54) is 18.2 Å². The van der Waals surface area contributed by atoms with Crippen LogP contribution in [0.1, 0.15) is 33.3 Å². The van der Waals surface area contributed by atoms with E-state index in [2.05, 4.69) is 21.0 Å². The van der Waals surface area contributed by atoms with E-state index >= 15 is 0 Å². The Morgan fingerprint density at radius 1 is 1.00 bits per heavy atom. The SMILES string of the molecule is CCc1ccc(C(=O)NNC(=O)c2cc(-c3ccc(F)cc3)n[nH]2)cc1. The molecule has 2 amide bonds. The highest BCUT2D eigenvalue weighted by Crippen LogP contribution is 2.17. The number of hydrogen-bond acceptors (Lipinski definition) is 3. The van der Waals surface area contributed by atoms with Gasteiger partial charge in [-0.2, -0.15) is 5.10 Å². The molecule has 2 aromatic carbocycles. The predicted octanol–water partition coefficient (Wildman–Crippen LogP) is 2.85. The molecule has 0 fully saturated rings. The van der Waals surface area contributed by atoms with Crippen LogP contribution in [0.25, 0.3) is 11.3 Å². The first-order valence-corrected chi connectivity index (χ1v) is 8.08. The Hall–Kier alpha value is -3.48. The van der Waals surface area contributed by atoms with Crippen LogP contribution in [0, 0.1) is 5.82 Å². The highest BCUT2D eigenvalue weighted by atomic mass is 19.1. The molecule has 0 spiro atoms. The maximum Gasteiger partial charge on any atom is 0.287 e. The molecule has 0 atom stereocenters. The van der Waals surface area contributed by atoms with Gasteiger partial charge in [-0.1, -0.05) is 19.1 Å². The summed E-state index contributed by atoms with van der Waals surface area (Å²) in [6, 6.07) is 14.4. The second-order valence-corrected chi connectivity index (χ2v) is 5.63. The fraction of sp³-hybridized carbons (Fsp3) is 0.105. The van der Waals surface area contributed by atoms with E-state index in [9.17, 15) is 14.0 Å². The highest BCUT2D eigenvalue weighted by Gasteiger charge is 2.13. The highest BCUT2D eigenvalue weighted by molar-refractivity contribution is 5.98. The number of hydrogen-bond donors (Lipinski definition) is 3. The number of carbonyl (C=O) groups is 2. The Labute approximate surface area is 149 Å². The number of aromatic nitrogens is 2. The molecule has 3 N–H and O–H groups in total. The first kappa shape index (κ1) is 17.3. The zero-order chi connectivity index (χ0) is 18.5. The van der Waals surface area contributed by atoms with Crippen molar-refractivity contribution in [2.24, 2.45) is 0 Å². The van der Waals surface area contributed by atoms with Crippen LogP contribution in [0.2, 0.25) is 0 Å². The molecule has 0 saturated heterocycles. The van der Waals surface area contributed by atoms with Gasteiger partial charge < -0.3 is 0 Å². The number of benzene rings is 2. The Kier molecular flexibility index (Phi) is 5.07. The van der Waals surface area contributed by atoms with E-state index in [1.807, 2.05) is 19.1 Å². The first-order chi connectivity index (χ1) is 12.6. The summed E-state index contributed by atoms with van der Waals surface area (Å²) in [5.74, 6) is -1.30. The number of H-pyrrole nitrogens is 1. The topological polar surface area (TPSA) is 86.9 Å². The number of hydrazine groups is 1. The summed E-state index contributed by atoms with van der Waals surface area (Å²) in [7, 11) is 0. The van der Waals surface area contributed by atoms with Crippen molar-refractivity contribution in [2.45, 2.75) is 13.3 Å². The van der Waals surface area contributed by atoms with E-state index in [1.54, 1.807) is 24.3 Å². The van der Waals surface area contributed by atoms with Crippen LogP contribution in [-0.2, 0) is 6.42 Å². The lowest BCUT2D eigenvalue weighted by Gasteiger charge is -2.06. The monoisotopic (exact) mass is 352 g/mol. The molecule has 1 heterocycles. The first-order valence-electron chi connectivity index (χ1n) is 8.08. The van der Waals surface area contributed by atoms with E-state index in [0.717, 1.165) is 12.0 Å². The van der Waals surface area contributed by atoms with Crippen molar-refractivity contribution in [3.63, 3.8) is 0 Å². The van der Waals surface area contributed by atoms with E-state index in [0.29, 0.717) is 16.8 Å². The normalized spacial score (nSPS) is 10.4. The molecular weight excluding hydrogens is 335 g/mol. The third-order valence-corrected chi connectivity index (χ3v) is 3.88. The lowest BCUT2D eigenvalue weighted by molar-refractivity contribution is 0.0844. The van der Waals surface area contributed by atoms with Crippen LogP contribution in [0.3, 0.4) is 0 Å². The van der Waals surface area contributed by atoms with Gasteiger partial charge in [-0.3, -0.25) is 25.5 Å². The number of nitrogens with zero attached hydrogens (tertiary/aromatic N) is 1. The van der Waals surface area contributed by atoms with Gasteiger partial charge in [0.2, 0.25) is 0 Å². The maximum absolute atomic E-state index is 13.0. The third-order valence-electron chi connectivity index (χ3n) is 3.88. The average molecular weight is 352 g/mol. The quantitative estimate of drug-likeness (QED) is 0.631. The van der Waals surface area contributed by atoms with Gasteiger partial charge >= 0.3 is 0 Å². The minimum atomic E-state index is -0.538. The Morgan fingerprint density at radius 2 is 1.65 bits per heavy atom. The largest absolute Gasteiger partial charge is 0.287 e. The van der Waals surface area contributed by atoms with E-state index < -0.39 is 11.8 Å². The molecule has 26 heavy (non-hydrogen) atoms. The van der Waals surface area contributed by atoms with Crippen molar-refractivity contribution in [3.05, 3.63) is 77.2 Å². The van der Waals surface area contributed by atoms with Crippen molar-refractivity contribution in [2.75, 3.05) is 0 Å². The second-order valence-electron chi connectivity index (χ2n) is 5.63. The molecule has 0 aliphatic heterocycles. The van der Waals surface area contributed by atoms with Crippen LogP contribution in [0.15, 0.2) is 54.6 Å². The fourth-order valence-corrected chi connectivity index (χ4v) is 2.35. The number of nitrogens with one attached hydrogen (secondary N) is 3. The lowest BCUT2D eigenvalue weighted by Crippen LogP contribution is -2.41. The van der Waals surface area contributed by atoms with Crippen LogP contribution in [0.5, 0.6) is 0 Å². The smallest absolute Gasteiger partial charge is 0.272 e. The van der Waals surface area contributed by atoms with Gasteiger partial charge in [-0.25, -0.2) is 4.39 Å². The standard InChI is InChI=1S/C19H17FN4O2/c1-2-12-3-5-14(6-4-12)18(25)23-24-19(26)17-11-16(21-22-17)13-7-9-15(20)10-8-13/h3-11H,2H2,1H3,(H,21,22)(H,23,25)(H,24,26). The summed E-state index contributed by atoms with van der Waals surface area (Å²) in [6.45, 7) is 2.03. The molecule has 3 aromatic rings. The molecule has 0 bridgehead atoms. The van der Waals surface area contributed by atoms with Crippen molar-refractivity contribution in [1.29, 1.82) is 0 Å². The lowest BCUT2D eigenvalue weighted by atomic mass is 10.1. The molecule has 7 heteroatoms. The molecule has 0 aliphatic carbocycles. The van der Waals surface area contributed by atoms with Gasteiger partial charge in [0.1, 0.15) is 11.5 Å². The molecule has 0 radical (unpaired) electrons. The van der Waals surface area contributed by atoms with Gasteiger partial charge in [-0.05, 0) is 54.4 Å². The van der Waals surface area contributed by atoms with E-state index in [-0.39, 0.29) is 11.5 Å². The molecule has 132 valence electrons. The van der Waals surface area contributed by atoms with Crippen LogP contribution in [0.4, 0.5) is 4.39 Å². The fourth-order valence-electron chi connectivity index (χ4n) is 2.35. The zero-order valence-electron chi connectivity index (χ0n) is 14.0. The Balaban J connectivity index is 1.61. The van der Waals surface area contributed by atoms with Gasteiger partial charge in [-0.15, -0.1) is 0 Å². The molecular formula is C19H17FN4O2. The van der Waals surface area contributed by atoms with Crippen molar-refractivity contribution in [3.8, 4) is 11.3 Å². The maximum atomic E-state index is 13.0. The number of carbonyl (C=O) groups excluding carboxylic acids is 2. The predicted molar refractivity (Wildman–Crippen MR) is 94.7 cm³/mol. The second kappa shape index (κ2) is 7.60. The number of aromatic amines is 1. The van der Waals surface area contributed by atoms with Gasteiger partial charge in [0.15, 0.2) is 0 Å². The summed E-state index contributed by atoms with van der Waals surface area (Å²) in [5, 5.41) is 6.61. The summed E-state index contributed by atoms with van der Waals surface area (Å²) >= 11 is 0. The minimum absolute atomic E-state index is 0.172. The van der Waals surface area contributed by atoms with Crippen molar-refractivity contribution < 1.29 is 14.0 Å². The molecule has 0 aliphatic rings. The van der Waals surface area contributed by atoms with Crippen LogP contribution >= 0.6 is 0 Å². The number of halogens is 1. The van der Waals surface area contributed by atoms with Gasteiger partial charge in [0.25, 0.3) is 11.8 Å². The Morgan fingerprint density at radius 3 is 2.31 bits per heavy atom. The summed E-state index contributed by atoms with van der Waals surface area (Å²) in [4.78, 5) is 24.2. The van der Waals surface area contributed by atoms with Crippen molar-refractivity contribution in [1.82, 2.24) is 21.0 Å².